The van der Waals surface area contributed by atoms with Crippen LogP contribution >= 0.6 is 22.9 Å². The van der Waals surface area contributed by atoms with Gasteiger partial charge in [0.25, 0.3) is 11.8 Å². The largest absolute Gasteiger partial charge is 0.371 e. The lowest BCUT2D eigenvalue weighted by molar-refractivity contribution is 0.0515. The van der Waals surface area contributed by atoms with Crippen molar-refractivity contribution in [2.45, 2.75) is 52.0 Å². The van der Waals surface area contributed by atoms with Crippen LogP contribution in [0.15, 0.2) is 54.9 Å². The molecule has 1 aliphatic carbocycles. The highest BCUT2D eigenvalue weighted by atomic mass is 35.5. The van der Waals surface area contributed by atoms with Crippen LogP contribution in [0.3, 0.4) is 0 Å². The first-order valence-corrected chi connectivity index (χ1v) is 15.1. The molecule has 2 aliphatic heterocycles. The molecule has 1 atom stereocenters. The summed E-state index contributed by atoms with van der Waals surface area (Å²) < 4.78 is 0.599. The summed E-state index contributed by atoms with van der Waals surface area (Å²) in [5.41, 5.74) is 4.41. The van der Waals surface area contributed by atoms with Gasteiger partial charge in [0.15, 0.2) is 0 Å². The minimum atomic E-state index is -0.163. The highest BCUT2D eigenvalue weighted by Gasteiger charge is 2.42. The van der Waals surface area contributed by atoms with Crippen LogP contribution in [0.2, 0.25) is 4.34 Å². The van der Waals surface area contributed by atoms with Gasteiger partial charge in [0.1, 0.15) is 0 Å². The Morgan fingerprint density at radius 2 is 1.67 bits per heavy atom. The quantitative estimate of drug-likeness (QED) is 0.401. The van der Waals surface area contributed by atoms with E-state index in [-0.39, 0.29) is 23.3 Å². The molecule has 3 aromatic rings. The summed E-state index contributed by atoms with van der Waals surface area (Å²) in [6.45, 7) is 8.06. The van der Waals surface area contributed by atoms with Gasteiger partial charge in [-0.05, 0) is 90.5 Å². The van der Waals surface area contributed by atoms with Crippen LogP contribution in [0.4, 0.5) is 5.69 Å². The van der Waals surface area contributed by atoms with E-state index in [1.165, 1.54) is 35.4 Å². The number of rotatable bonds is 4. The van der Waals surface area contributed by atoms with Crippen LogP contribution in [0.5, 0.6) is 0 Å². The Morgan fingerprint density at radius 3 is 2.33 bits per heavy atom. The van der Waals surface area contributed by atoms with E-state index in [0.29, 0.717) is 20.2 Å². The van der Waals surface area contributed by atoms with Crippen molar-refractivity contribution >= 4 is 40.4 Å². The van der Waals surface area contributed by atoms with E-state index in [2.05, 4.69) is 47.2 Å². The van der Waals surface area contributed by atoms with E-state index >= 15 is 0 Å². The van der Waals surface area contributed by atoms with Gasteiger partial charge in [0.05, 0.1) is 15.3 Å². The van der Waals surface area contributed by atoms with Gasteiger partial charge < -0.3 is 15.1 Å². The lowest BCUT2D eigenvalue weighted by atomic mass is 9.71. The number of hydrogen-bond acceptors (Lipinski definition) is 5. The van der Waals surface area contributed by atoms with Crippen LogP contribution in [0.1, 0.15) is 76.7 Å². The van der Waals surface area contributed by atoms with Gasteiger partial charge in [0, 0.05) is 49.8 Å². The Balaban J connectivity index is 1.11. The molecule has 4 heterocycles. The molecular weight excluding hydrogens is 528 g/mol. The maximum absolute atomic E-state index is 13.6. The van der Waals surface area contributed by atoms with Crippen molar-refractivity contribution in [2.24, 2.45) is 10.8 Å². The second-order valence-electron chi connectivity index (χ2n) is 12.1. The van der Waals surface area contributed by atoms with Gasteiger partial charge in [0.2, 0.25) is 0 Å². The maximum atomic E-state index is 13.6. The third-order valence-corrected chi connectivity index (χ3v) is 10.4. The van der Waals surface area contributed by atoms with Gasteiger partial charge in [-0.2, -0.15) is 0 Å². The monoisotopic (exact) mass is 562 g/mol. The normalized spacial score (nSPS) is 21.6. The van der Waals surface area contributed by atoms with E-state index in [0.717, 1.165) is 51.0 Å². The lowest BCUT2D eigenvalue weighted by Crippen LogP contribution is -2.48. The molecule has 1 unspecified atom stereocenters. The molecule has 8 heteroatoms. The predicted octanol–water partition coefficient (Wildman–Crippen LogP) is 6.37. The summed E-state index contributed by atoms with van der Waals surface area (Å²) in [6, 6.07) is 13.6. The zero-order valence-electron chi connectivity index (χ0n) is 22.6. The Labute approximate surface area is 239 Å². The number of fused-ring (bicyclic) bond motifs is 1. The first kappa shape index (κ1) is 26.3. The first-order valence-electron chi connectivity index (χ1n) is 13.9. The number of carbonyl (C=O) groups excluding carboxylic acids is 2. The number of halogens is 1. The van der Waals surface area contributed by atoms with Crippen LogP contribution in [-0.4, -0.2) is 47.9 Å². The van der Waals surface area contributed by atoms with Crippen molar-refractivity contribution < 1.29 is 9.59 Å². The average molecular weight is 563 g/mol. The fourth-order valence-corrected chi connectivity index (χ4v) is 7.69. The van der Waals surface area contributed by atoms with E-state index in [1.54, 1.807) is 12.1 Å². The van der Waals surface area contributed by atoms with Crippen molar-refractivity contribution in [2.75, 3.05) is 31.1 Å². The molecule has 3 aliphatic rings. The molecule has 6 nitrogen and oxygen atoms in total. The van der Waals surface area contributed by atoms with Gasteiger partial charge in [-0.1, -0.05) is 31.5 Å². The predicted molar refractivity (Wildman–Crippen MR) is 157 cm³/mol. The molecule has 0 bridgehead atoms. The first-order chi connectivity index (χ1) is 18.7. The van der Waals surface area contributed by atoms with Crippen molar-refractivity contribution in [1.29, 1.82) is 0 Å². The number of nitrogens with one attached hydrogen (secondary N) is 1. The number of piperidine rings is 2. The molecule has 2 amide bonds. The minimum Gasteiger partial charge on any atom is -0.371 e. The molecular formula is C31H35ClN4O2S. The zero-order chi connectivity index (χ0) is 27.2. The third-order valence-electron chi connectivity index (χ3n) is 9.17. The van der Waals surface area contributed by atoms with Crippen molar-refractivity contribution in [1.82, 2.24) is 15.2 Å². The number of likely N-dealkylation sites (tertiary alicyclic amines) is 1. The van der Waals surface area contributed by atoms with Gasteiger partial charge >= 0.3 is 0 Å². The van der Waals surface area contributed by atoms with E-state index in [1.807, 2.05) is 29.4 Å². The summed E-state index contributed by atoms with van der Waals surface area (Å²) in [5, 5.41) is 3.24. The molecule has 1 aromatic carbocycles. The number of thiophene rings is 1. The molecule has 1 spiro atoms. The number of aromatic nitrogens is 1. The van der Waals surface area contributed by atoms with Gasteiger partial charge in [-0.3, -0.25) is 14.6 Å². The standard InChI is InChI=1S/C31H35ClN4O2S/c1-30(2)20-22-4-3-21(19-24(22)27(30)34-28(37)25-5-6-26(32)39-25)29(38)36-17-11-31(12-18-36)9-15-35(16-10-31)23-7-13-33-14-8-23/h3-8,13-14,19,27H,9-12,15-18,20H2,1-2H3,(H,34,37). The van der Waals surface area contributed by atoms with Crippen LogP contribution in [0.25, 0.3) is 0 Å². The Hall–Kier alpha value is -2.90. The average Bonchev–Trinajstić information content (AvgIpc) is 3.49. The number of hydrogen-bond donors (Lipinski definition) is 1. The summed E-state index contributed by atoms with van der Waals surface area (Å²) in [4.78, 5) is 35.9. The summed E-state index contributed by atoms with van der Waals surface area (Å²) in [5.74, 6) is -0.0208. The second kappa shape index (κ2) is 10.3. The van der Waals surface area contributed by atoms with E-state index in [4.69, 9.17) is 11.6 Å². The fraction of sp³-hybridized carbons (Fsp3) is 0.452. The summed E-state index contributed by atoms with van der Waals surface area (Å²) in [6.07, 6.45) is 9.03. The fourth-order valence-electron chi connectivity index (χ4n) is 6.74. The van der Waals surface area contributed by atoms with Crippen molar-refractivity contribution in [3.63, 3.8) is 0 Å². The van der Waals surface area contributed by atoms with Crippen LogP contribution < -0.4 is 10.2 Å². The van der Waals surface area contributed by atoms with Crippen molar-refractivity contribution in [3.8, 4) is 0 Å². The van der Waals surface area contributed by atoms with Gasteiger partial charge in [-0.15, -0.1) is 11.3 Å². The second-order valence-corrected chi connectivity index (χ2v) is 13.8. The molecule has 0 radical (unpaired) electrons. The molecule has 0 saturated carbocycles. The Morgan fingerprint density at radius 1 is 0.974 bits per heavy atom. The summed E-state index contributed by atoms with van der Waals surface area (Å²) >= 11 is 7.34. The number of pyridine rings is 1. The number of anilines is 1. The van der Waals surface area contributed by atoms with Crippen molar-refractivity contribution in [3.05, 3.63) is 80.8 Å². The Bertz CT molecular complexity index is 1370. The zero-order valence-corrected chi connectivity index (χ0v) is 24.2. The minimum absolute atomic E-state index is 0.0988. The molecule has 204 valence electrons. The maximum Gasteiger partial charge on any atom is 0.261 e. The third kappa shape index (κ3) is 5.19. The number of nitrogens with zero attached hydrogens (tertiary/aromatic N) is 3. The highest BCUT2D eigenvalue weighted by Crippen LogP contribution is 2.46. The van der Waals surface area contributed by atoms with Crippen LogP contribution in [0, 0.1) is 10.8 Å². The summed E-state index contributed by atoms with van der Waals surface area (Å²) in [7, 11) is 0. The Kier molecular flexibility index (Phi) is 6.92. The SMILES string of the molecule is CC1(C)Cc2ccc(C(=O)N3CCC4(CC3)CCN(c3ccncc3)CC4)cc2C1NC(=O)c1ccc(Cl)s1. The smallest absolute Gasteiger partial charge is 0.261 e. The number of amides is 2. The molecule has 2 aromatic heterocycles. The molecule has 1 N–H and O–H groups in total. The molecule has 2 fully saturated rings. The highest BCUT2D eigenvalue weighted by molar-refractivity contribution is 7.18. The van der Waals surface area contributed by atoms with Gasteiger partial charge in [-0.25, -0.2) is 0 Å². The van der Waals surface area contributed by atoms with Crippen LogP contribution in [-0.2, 0) is 6.42 Å². The molecule has 2 saturated heterocycles. The molecule has 39 heavy (non-hydrogen) atoms. The molecule has 6 rings (SSSR count). The van der Waals surface area contributed by atoms with E-state index < -0.39 is 0 Å². The number of benzene rings is 1. The lowest BCUT2D eigenvalue weighted by Gasteiger charge is -2.47. The van der Waals surface area contributed by atoms with E-state index in [9.17, 15) is 9.59 Å². The topological polar surface area (TPSA) is 65.5 Å². The number of carbonyl (C=O) groups is 2.